The summed E-state index contributed by atoms with van der Waals surface area (Å²) in [7, 11) is 0. The highest BCUT2D eigenvalue weighted by Crippen LogP contribution is 2.38. The molecule has 3 rings (SSSR count). The van der Waals surface area contributed by atoms with Gasteiger partial charge in [0.05, 0.1) is 11.1 Å². The molecule has 1 aliphatic rings. The summed E-state index contributed by atoms with van der Waals surface area (Å²) in [6.45, 7) is 1.81. The standard InChI is InChI=1S/C15H18N2O4/c1-15(20,10-6-7-10)9-16-13(18)8-17-11-4-2-3-5-12(11)21-14(17)19/h2-5,10,20H,6-9H2,1H3,(H,16,18). The summed E-state index contributed by atoms with van der Waals surface area (Å²) in [6, 6.07) is 6.96. The molecule has 6 heteroatoms. The predicted molar refractivity (Wildman–Crippen MR) is 76.8 cm³/mol. The highest BCUT2D eigenvalue weighted by molar-refractivity contribution is 5.79. The molecule has 1 atom stereocenters. The zero-order chi connectivity index (χ0) is 15.0. The van der Waals surface area contributed by atoms with E-state index in [4.69, 9.17) is 4.42 Å². The van der Waals surface area contributed by atoms with Crippen molar-refractivity contribution in [1.82, 2.24) is 9.88 Å². The maximum atomic E-state index is 12.0. The molecule has 21 heavy (non-hydrogen) atoms. The summed E-state index contributed by atoms with van der Waals surface area (Å²) in [4.78, 5) is 23.7. The quantitative estimate of drug-likeness (QED) is 0.856. The van der Waals surface area contributed by atoms with Gasteiger partial charge in [0.2, 0.25) is 5.91 Å². The molecule has 0 saturated heterocycles. The second kappa shape index (κ2) is 5.04. The molecule has 0 spiro atoms. The van der Waals surface area contributed by atoms with E-state index in [9.17, 15) is 14.7 Å². The number of oxazole rings is 1. The van der Waals surface area contributed by atoms with Crippen LogP contribution in [0.1, 0.15) is 19.8 Å². The summed E-state index contributed by atoms with van der Waals surface area (Å²) in [6.07, 6.45) is 1.99. The van der Waals surface area contributed by atoms with Crippen LogP contribution in [0.2, 0.25) is 0 Å². The number of carbonyl (C=O) groups is 1. The molecule has 1 aliphatic carbocycles. The number of hydrogen-bond donors (Lipinski definition) is 2. The molecule has 1 amide bonds. The fraction of sp³-hybridized carbons (Fsp3) is 0.467. The number of aromatic nitrogens is 1. The number of nitrogens with zero attached hydrogens (tertiary/aromatic N) is 1. The fourth-order valence-electron chi connectivity index (χ4n) is 2.49. The van der Waals surface area contributed by atoms with E-state index in [1.165, 1.54) is 4.57 Å². The molecule has 0 aliphatic heterocycles. The highest BCUT2D eigenvalue weighted by atomic mass is 16.4. The lowest BCUT2D eigenvalue weighted by atomic mass is 10.0. The van der Waals surface area contributed by atoms with Crippen molar-refractivity contribution in [3.05, 3.63) is 34.8 Å². The van der Waals surface area contributed by atoms with Crippen molar-refractivity contribution >= 4 is 17.0 Å². The average molecular weight is 290 g/mol. The smallest absolute Gasteiger partial charge is 0.408 e. The van der Waals surface area contributed by atoms with E-state index in [1.807, 2.05) is 0 Å². The number of para-hydroxylation sites is 2. The van der Waals surface area contributed by atoms with Crippen LogP contribution >= 0.6 is 0 Å². The first-order valence-electron chi connectivity index (χ1n) is 7.05. The third kappa shape index (κ3) is 2.85. The van der Waals surface area contributed by atoms with E-state index in [1.54, 1.807) is 31.2 Å². The SMILES string of the molecule is CC(O)(CNC(=O)Cn1c(=O)oc2ccccc21)C1CC1. The molecule has 6 nitrogen and oxygen atoms in total. The molecule has 2 N–H and O–H groups in total. The number of fused-ring (bicyclic) bond motifs is 1. The Morgan fingerprint density at radius 1 is 1.48 bits per heavy atom. The summed E-state index contributed by atoms with van der Waals surface area (Å²) in [5, 5.41) is 12.8. The van der Waals surface area contributed by atoms with Crippen molar-refractivity contribution in [3.63, 3.8) is 0 Å². The van der Waals surface area contributed by atoms with E-state index < -0.39 is 11.4 Å². The zero-order valence-electron chi connectivity index (χ0n) is 11.8. The number of nitrogens with one attached hydrogen (secondary N) is 1. The van der Waals surface area contributed by atoms with Crippen LogP contribution in [0, 0.1) is 5.92 Å². The lowest BCUT2D eigenvalue weighted by Crippen LogP contribution is -2.43. The lowest BCUT2D eigenvalue weighted by Gasteiger charge is -2.23. The van der Waals surface area contributed by atoms with Crippen molar-refractivity contribution in [1.29, 1.82) is 0 Å². The molecule has 1 heterocycles. The molecule has 0 bridgehead atoms. The number of aliphatic hydroxyl groups is 1. The Morgan fingerprint density at radius 2 is 2.19 bits per heavy atom. The first kappa shape index (κ1) is 13.9. The molecule has 1 fully saturated rings. The van der Waals surface area contributed by atoms with Gasteiger partial charge in [-0.1, -0.05) is 12.1 Å². The van der Waals surface area contributed by atoms with E-state index in [-0.39, 0.29) is 24.9 Å². The number of amides is 1. The monoisotopic (exact) mass is 290 g/mol. The Balaban J connectivity index is 1.69. The average Bonchev–Trinajstić information content (AvgIpc) is 3.25. The number of hydrogen-bond acceptors (Lipinski definition) is 4. The molecular weight excluding hydrogens is 272 g/mol. The largest absolute Gasteiger partial charge is 0.420 e. The first-order chi connectivity index (χ1) is 9.97. The maximum Gasteiger partial charge on any atom is 0.420 e. The molecule has 0 radical (unpaired) electrons. The van der Waals surface area contributed by atoms with Gasteiger partial charge in [-0.25, -0.2) is 4.79 Å². The Hall–Kier alpha value is -2.08. The summed E-state index contributed by atoms with van der Waals surface area (Å²) >= 11 is 0. The van der Waals surface area contributed by atoms with E-state index in [2.05, 4.69) is 5.32 Å². The second-order valence-electron chi connectivity index (χ2n) is 5.83. The number of rotatable bonds is 5. The van der Waals surface area contributed by atoms with Crippen molar-refractivity contribution in [3.8, 4) is 0 Å². The van der Waals surface area contributed by atoms with Crippen LogP contribution in [0.5, 0.6) is 0 Å². The minimum Gasteiger partial charge on any atom is -0.408 e. The number of carbonyl (C=O) groups excluding carboxylic acids is 1. The minimum atomic E-state index is -0.876. The van der Waals surface area contributed by atoms with Crippen molar-refractivity contribution < 1.29 is 14.3 Å². The van der Waals surface area contributed by atoms with Gasteiger partial charge in [-0.3, -0.25) is 9.36 Å². The van der Waals surface area contributed by atoms with Crippen LogP contribution < -0.4 is 11.1 Å². The molecule has 1 aromatic heterocycles. The van der Waals surface area contributed by atoms with E-state index >= 15 is 0 Å². The second-order valence-corrected chi connectivity index (χ2v) is 5.83. The van der Waals surface area contributed by atoms with Gasteiger partial charge in [0.15, 0.2) is 5.58 Å². The van der Waals surface area contributed by atoms with Gasteiger partial charge in [-0.2, -0.15) is 0 Å². The maximum absolute atomic E-state index is 12.0. The van der Waals surface area contributed by atoms with Crippen molar-refractivity contribution in [2.45, 2.75) is 31.9 Å². The van der Waals surface area contributed by atoms with Crippen LogP contribution in [0.3, 0.4) is 0 Å². The molecule has 112 valence electrons. The third-order valence-electron chi connectivity index (χ3n) is 3.98. The van der Waals surface area contributed by atoms with E-state index in [0.717, 1.165) is 12.8 Å². The van der Waals surface area contributed by atoms with Crippen LogP contribution in [0.15, 0.2) is 33.5 Å². The van der Waals surface area contributed by atoms with Gasteiger partial charge in [-0.15, -0.1) is 0 Å². The number of benzene rings is 1. The Morgan fingerprint density at radius 3 is 2.90 bits per heavy atom. The Labute approximate surface area is 121 Å². The van der Waals surface area contributed by atoms with Gasteiger partial charge in [0.1, 0.15) is 6.54 Å². The zero-order valence-corrected chi connectivity index (χ0v) is 11.8. The fourth-order valence-corrected chi connectivity index (χ4v) is 2.49. The van der Waals surface area contributed by atoms with Gasteiger partial charge >= 0.3 is 5.76 Å². The van der Waals surface area contributed by atoms with Gasteiger partial charge in [-0.05, 0) is 37.8 Å². The Kier molecular flexibility index (Phi) is 3.33. The van der Waals surface area contributed by atoms with Crippen molar-refractivity contribution in [2.24, 2.45) is 5.92 Å². The van der Waals surface area contributed by atoms with Crippen LogP contribution in [0.4, 0.5) is 0 Å². The molecule has 2 aromatic rings. The first-order valence-corrected chi connectivity index (χ1v) is 7.05. The molecule has 1 unspecified atom stereocenters. The highest BCUT2D eigenvalue weighted by Gasteiger charge is 2.39. The summed E-state index contributed by atoms with van der Waals surface area (Å²) in [5.41, 5.74) is 0.172. The normalized spacial score (nSPS) is 17.6. The van der Waals surface area contributed by atoms with E-state index in [0.29, 0.717) is 11.1 Å². The van der Waals surface area contributed by atoms with Crippen LogP contribution in [-0.2, 0) is 11.3 Å². The van der Waals surface area contributed by atoms with Gasteiger partial charge < -0.3 is 14.8 Å². The van der Waals surface area contributed by atoms with Crippen molar-refractivity contribution in [2.75, 3.05) is 6.54 Å². The molecular formula is C15H18N2O4. The summed E-state index contributed by atoms with van der Waals surface area (Å²) in [5.74, 6) is -0.611. The Bertz CT molecular complexity index is 725. The summed E-state index contributed by atoms with van der Waals surface area (Å²) < 4.78 is 6.36. The van der Waals surface area contributed by atoms with Crippen LogP contribution in [0.25, 0.3) is 11.1 Å². The van der Waals surface area contributed by atoms with Crippen LogP contribution in [-0.4, -0.2) is 27.7 Å². The topological polar surface area (TPSA) is 84.5 Å². The molecule has 1 saturated carbocycles. The third-order valence-corrected chi connectivity index (χ3v) is 3.98. The molecule has 1 aromatic carbocycles. The van der Waals surface area contributed by atoms with Gasteiger partial charge in [0.25, 0.3) is 0 Å². The predicted octanol–water partition coefficient (Wildman–Crippen LogP) is 0.872. The minimum absolute atomic E-state index is 0.114. The van der Waals surface area contributed by atoms with Gasteiger partial charge in [0, 0.05) is 6.54 Å². The lowest BCUT2D eigenvalue weighted by molar-refractivity contribution is -0.123.